The van der Waals surface area contributed by atoms with Crippen LogP contribution in [0.2, 0.25) is 0 Å². The van der Waals surface area contributed by atoms with Gasteiger partial charge in [0.1, 0.15) is 5.69 Å². The van der Waals surface area contributed by atoms with Gasteiger partial charge in [0, 0.05) is 25.1 Å². The van der Waals surface area contributed by atoms with Crippen LogP contribution in [-0.2, 0) is 14.6 Å². The summed E-state index contributed by atoms with van der Waals surface area (Å²) in [5, 5.41) is 14.2. The fraction of sp³-hybridized carbons (Fsp3) is 0.278. The Morgan fingerprint density at radius 2 is 1.78 bits per heavy atom. The molecule has 0 aliphatic rings. The average Bonchev–Trinajstić information content (AvgIpc) is 2.56. The van der Waals surface area contributed by atoms with Gasteiger partial charge in [0.15, 0.2) is 9.84 Å². The van der Waals surface area contributed by atoms with Crippen molar-refractivity contribution >= 4 is 32.8 Å². The summed E-state index contributed by atoms with van der Waals surface area (Å²) in [7, 11) is -2.04. The fourth-order valence-electron chi connectivity index (χ4n) is 2.69. The van der Waals surface area contributed by atoms with Gasteiger partial charge >= 0.3 is 0 Å². The van der Waals surface area contributed by atoms with Gasteiger partial charge in [-0.15, -0.1) is 0 Å². The first-order valence-corrected chi connectivity index (χ1v) is 9.95. The molecule has 0 bridgehead atoms. The number of nitro benzene ring substituents is 1. The molecule has 0 heterocycles. The number of nitrogens with zero attached hydrogens (tertiary/aromatic N) is 2. The van der Waals surface area contributed by atoms with E-state index in [-0.39, 0.29) is 28.7 Å². The molecule has 2 rings (SSSR count). The Hall–Kier alpha value is -2.94. The molecule has 0 aromatic heterocycles. The smallest absolute Gasteiger partial charge is 0.293 e. The maximum absolute atomic E-state index is 12.4. The van der Waals surface area contributed by atoms with Gasteiger partial charge in [-0.3, -0.25) is 14.9 Å². The predicted octanol–water partition coefficient (Wildman–Crippen LogP) is 2.69. The molecule has 0 atom stereocenters. The molecule has 0 saturated carbocycles. The number of hydrogen-bond acceptors (Lipinski definition) is 6. The van der Waals surface area contributed by atoms with Gasteiger partial charge in [-0.05, 0) is 37.1 Å². The molecule has 0 spiro atoms. The third-order valence-corrected chi connectivity index (χ3v) is 5.22. The lowest BCUT2D eigenvalue weighted by atomic mass is 10.1. The lowest BCUT2D eigenvalue weighted by Crippen LogP contribution is -2.31. The highest BCUT2D eigenvalue weighted by Gasteiger charge is 2.22. The number of carbonyl (C=O) groups excluding carboxylic acids is 1. The highest BCUT2D eigenvalue weighted by molar-refractivity contribution is 7.90. The van der Waals surface area contributed by atoms with Crippen molar-refractivity contribution < 1.29 is 18.1 Å². The van der Waals surface area contributed by atoms with E-state index in [4.69, 9.17) is 0 Å². The number of para-hydroxylation sites is 1. The number of anilines is 2. The summed E-state index contributed by atoms with van der Waals surface area (Å²) in [6, 6.07) is 9.27. The minimum Gasteiger partial charge on any atom is -0.360 e. The van der Waals surface area contributed by atoms with Crippen LogP contribution in [0.3, 0.4) is 0 Å². The Morgan fingerprint density at radius 3 is 2.30 bits per heavy atom. The number of hydrogen-bond donors (Lipinski definition) is 1. The average molecular weight is 391 g/mol. The van der Waals surface area contributed by atoms with Gasteiger partial charge in [0.2, 0.25) is 5.91 Å². The van der Waals surface area contributed by atoms with Crippen molar-refractivity contribution in [1.82, 2.24) is 0 Å². The predicted molar refractivity (Wildman–Crippen MR) is 104 cm³/mol. The Balaban J connectivity index is 2.26. The van der Waals surface area contributed by atoms with Crippen LogP contribution in [0.4, 0.5) is 17.1 Å². The summed E-state index contributed by atoms with van der Waals surface area (Å²) in [6.45, 7) is 3.62. The summed E-state index contributed by atoms with van der Waals surface area (Å²) < 4.78 is 23.3. The first-order chi connectivity index (χ1) is 12.5. The number of likely N-dealkylation sites (N-methyl/N-ethyl adjacent to an activating group) is 1. The zero-order valence-corrected chi connectivity index (χ0v) is 16.3. The van der Waals surface area contributed by atoms with E-state index in [0.29, 0.717) is 5.69 Å². The number of amides is 1. The van der Waals surface area contributed by atoms with Gasteiger partial charge in [0.05, 0.1) is 16.4 Å². The third-order valence-electron chi connectivity index (χ3n) is 4.11. The quantitative estimate of drug-likeness (QED) is 0.599. The van der Waals surface area contributed by atoms with E-state index in [1.165, 1.54) is 24.1 Å². The Morgan fingerprint density at radius 1 is 1.19 bits per heavy atom. The van der Waals surface area contributed by atoms with Crippen molar-refractivity contribution in [3.8, 4) is 0 Å². The van der Waals surface area contributed by atoms with Crippen LogP contribution in [-0.4, -0.2) is 39.1 Å². The van der Waals surface area contributed by atoms with Gasteiger partial charge in [-0.2, -0.15) is 0 Å². The number of rotatable bonds is 6. The molecule has 27 heavy (non-hydrogen) atoms. The molecule has 9 heteroatoms. The molecular formula is C18H21N3O5S. The van der Waals surface area contributed by atoms with Gasteiger partial charge in [0.25, 0.3) is 5.69 Å². The summed E-state index contributed by atoms with van der Waals surface area (Å²) >= 11 is 0. The molecule has 0 aliphatic carbocycles. The highest BCUT2D eigenvalue weighted by atomic mass is 32.2. The number of sulfone groups is 1. The molecule has 0 aliphatic heterocycles. The maximum atomic E-state index is 12.4. The second-order valence-electron chi connectivity index (χ2n) is 6.35. The monoisotopic (exact) mass is 391 g/mol. The summed E-state index contributed by atoms with van der Waals surface area (Å²) in [5.74, 6) is -0.337. The molecule has 2 aromatic carbocycles. The number of nitrogens with one attached hydrogen (secondary N) is 1. The van der Waals surface area contributed by atoms with E-state index in [1.54, 1.807) is 0 Å². The lowest BCUT2D eigenvalue weighted by molar-refractivity contribution is -0.384. The Kier molecular flexibility index (Phi) is 5.85. The van der Waals surface area contributed by atoms with E-state index in [1.807, 2.05) is 32.0 Å². The van der Waals surface area contributed by atoms with Crippen LogP contribution in [0.1, 0.15) is 11.1 Å². The maximum Gasteiger partial charge on any atom is 0.293 e. The number of aryl methyl sites for hydroxylation is 2. The minimum absolute atomic E-state index is 0.132. The van der Waals surface area contributed by atoms with Crippen molar-refractivity contribution in [2.24, 2.45) is 0 Å². The summed E-state index contributed by atoms with van der Waals surface area (Å²) in [5.41, 5.74) is 2.31. The molecule has 8 nitrogen and oxygen atoms in total. The van der Waals surface area contributed by atoms with Crippen molar-refractivity contribution in [2.45, 2.75) is 18.7 Å². The Labute approximate surface area is 157 Å². The largest absolute Gasteiger partial charge is 0.360 e. The topological polar surface area (TPSA) is 110 Å². The molecule has 1 N–H and O–H groups in total. The molecule has 2 aromatic rings. The van der Waals surface area contributed by atoms with E-state index in [0.717, 1.165) is 23.4 Å². The van der Waals surface area contributed by atoms with Crippen LogP contribution in [0.25, 0.3) is 0 Å². The van der Waals surface area contributed by atoms with E-state index in [9.17, 15) is 23.3 Å². The first kappa shape index (κ1) is 20.4. The highest BCUT2D eigenvalue weighted by Crippen LogP contribution is 2.30. The molecule has 1 amide bonds. The van der Waals surface area contributed by atoms with Crippen molar-refractivity contribution in [3.05, 3.63) is 57.6 Å². The van der Waals surface area contributed by atoms with Crippen molar-refractivity contribution in [3.63, 3.8) is 0 Å². The van der Waals surface area contributed by atoms with Gasteiger partial charge in [-0.1, -0.05) is 18.2 Å². The van der Waals surface area contributed by atoms with E-state index < -0.39 is 14.8 Å². The van der Waals surface area contributed by atoms with Crippen LogP contribution in [0.5, 0.6) is 0 Å². The zero-order chi connectivity index (χ0) is 20.4. The number of benzene rings is 2. The van der Waals surface area contributed by atoms with E-state index in [2.05, 4.69) is 5.32 Å². The third kappa shape index (κ3) is 4.82. The second kappa shape index (κ2) is 7.75. The van der Waals surface area contributed by atoms with Crippen molar-refractivity contribution in [2.75, 3.05) is 30.1 Å². The van der Waals surface area contributed by atoms with Crippen LogP contribution >= 0.6 is 0 Å². The fourth-order valence-corrected chi connectivity index (χ4v) is 3.34. The molecule has 0 fully saturated rings. The molecular weight excluding hydrogens is 370 g/mol. The molecule has 144 valence electrons. The van der Waals surface area contributed by atoms with Crippen molar-refractivity contribution in [1.29, 1.82) is 0 Å². The minimum atomic E-state index is -3.58. The molecule has 0 radical (unpaired) electrons. The van der Waals surface area contributed by atoms with Crippen LogP contribution < -0.4 is 10.2 Å². The van der Waals surface area contributed by atoms with Gasteiger partial charge in [-0.25, -0.2) is 8.42 Å². The Bertz CT molecular complexity index is 982. The van der Waals surface area contributed by atoms with Crippen LogP contribution in [0.15, 0.2) is 41.3 Å². The molecule has 0 unspecified atom stereocenters. The zero-order valence-electron chi connectivity index (χ0n) is 15.5. The SMILES string of the molecule is Cc1cccc(C)c1NC(=O)CN(C)c1ccc(S(C)(=O)=O)cc1[N+](=O)[O-]. The van der Waals surface area contributed by atoms with E-state index >= 15 is 0 Å². The lowest BCUT2D eigenvalue weighted by Gasteiger charge is -2.20. The van der Waals surface area contributed by atoms with Crippen LogP contribution in [0, 0.1) is 24.0 Å². The van der Waals surface area contributed by atoms with Gasteiger partial charge < -0.3 is 10.2 Å². The number of carbonyl (C=O) groups is 1. The molecule has 0 saturated heterocycles. The second-order valence-corrected chi connectivity index (χ2v) is 8.37. The first-order valence-electron chi connectivity index (χ1n) is 8.06. The summed E-state index contributed by atoms with van der Waals surface area (Å²) in [4.78, 5) is 24.3. The summed E-state index contributed by atoms with van der Waals surface area (Å²) in [6.07, 6.45) is 0.980. The normalized spacial score (nSPS) is 11.1. The number of nitro groups is 1. The standard InChI is InChI=1S/C18H21N3O5S/c1-12-6-5-7-13(2)18(12)19-17(22)11-20(3)15-9-8-14(27(4,25)26)10-16(15)21(23)24/h5-10H,11H2,1-4H3,(H,19,22).